The van der Waals surface area contributed by atoms with Gasteiger partial charge in [0, 0.05) is 25.5 Å². The lowest BCUT2D eigenvalue weighted by atomic mass is 9.91. The zero-order chi connectivity index (χ0) is 15.5. The fraction of sp³-hybridized carbons (Fsp3) is 0.600. The molecule has 0 radical (unpaired) electrons. The predicted octanol–water partition coefficient (Wildman–Crippen LogP) is 2.46. The standard InChI is InChI=1S/C15H20N4O2/c1-15(2,3)21-14(20)19-6-4-11(5-7-19)12-9-17-13(8-16)18-10-12/h9-11H,4-7H2,1-3H3. The first-order chi connectivity index (χ1) is 9.89. The average Bonchev–Trinajstić information content (AvgIpc) is 2.46. The Morgan fingerprint density at radius 1 is 1.33 bits per heavy atom. The molecule has 0 saturated carbocycles. The summed E-state index contributed by atoms with van der Waals surface area (Å²) in [6.07, 6.45) is 4.87. The van der Waals surface area contributed by atoms with Crippen molar-refractivity contribution in [1.29, 1.82) is 5.26 Å². The van der Waals surface area contributed by atoms with Gasteiger partial charge in [0.25, 0.3) is 0 Å². The lowest BCUT2D eigenvalue weighted by molar-refractivity contribution is 0.0205. The minimum absolute atomic E-state index is 0.185. The number of aromatic nitrogens is 2. The first-order valence-electron chi connectivity index (χ1n) is 7.09. The molecule has 6 heteroatoms. The van der Waals surface area contributed by atoms with Crippen LogP contribution in [0.25, 0.3) is 0 Å². The van der Waals surface area contributed by atoms with Crippen molar-refractivity contribution in [2.75, 3.05) is 13.1 Å². The minimum atomic E-state index is -0.463. The molecular weight excluding hydrogens is 268 g/mol. The van der Waals surface area contributed by atoms with Crippen LogP contribution in [0.4, 0.5) is 4.79 Å². The molecule has 0 bridgehead atoms. The van der Waals surface area contributed by atoms with E-state index in [2.05, 4.69) is 9.97 Å². The molecule has 1 aromatic heterocycles. The number of amides is 1. The molecule has 0 aromatic carbocycles. The highest BCUT2D eigenvalue weighted by Gasteiger charge is 2.27. The van der Waals surface area contributed by atoms with E-state index in [4.69, 9.17) is 10.00 Å². The molecule has 0 N–H and O–H groups in total. The summed E-state index contributed by atoms with van der Waals surface area (Å²) >= 11 is 0. The third kappa shape index (κ3) is 4.15. The van der Waals surface area contributed by atoms with E-state index in [0.29, 0.717) is 19.0 Å². The normalized spacial score (nSPS) is 16.4. The van der Waals surface area contributed by atoms with E-state index in [-0.39, 0.29) is 11.9 Å². The molecule has 1 saturated heterocycles. The molecule has 1 aromatic rings. The van der Waals surface area contributed by atoms with E-state index in [0.717, 1.165) is 18.4 Å². The van der Waals surface area contributed by atoms with Crippen molar-refractivity contribution < 1.29 is 9.53 Å². The smallest absolute Gasteiger partial charge is 0.410 e. The van der Waals surface area contributed by atoms with Gasteiger partial charge in [0.15, 0.2) is 0 Å². The number of rotatable bonds is 1. The van der Waals surface area contributed by atoms with Crippen molar-refractivity contribution in [3.8, 4) is 6.07 Å². The van der Waals surface area contributed by atoms with Crippen LogP contribution in [0, 0.1) is 11.3 Å². The van der Waals surface area contributed by atoms with Gasteiger partial charge in [-0.1, -0.05) is 0 Å². The monoisotopic (exact) mass is 288 g/mol. The molecule has 1 amide bonds. The number of carbonyl (C=O) groups excluding carboxylic acids is 1. The number of hydrogen-bond donors (Lipinski definition) is 0. The van der Waals surface area contributed by atoms with Crippen molar-refractivity contribution in [2.45, 2.75) is 45.1 Å². The van der Waals surface area contributed by atoms with E-state index in [1.165, 1.54) is 0 Å². The van der Waals surface area contributed by atoms with Gasteiger partial charge < -0.3 is 9.64 Å². The number of nitrogens with zero attached hydrogens (tertiary/aromatic N) is 4. The van der Waals surface area contributed by atoms with Gasteiger partial charge in [-0.2, -0.15) is 5.26 Å². The molecule has 1 aliphatic heterocycles. The largest absolute Gasteiger partial charge is 0.444 e. The van der Waals surface area contributed by atoms with Crippen molar-refractivity contribution in [3.05, 3.63) is 23.8 Å². The van der Waals surface area contributed by atoms with E-state index in [1.807, 2.05) is 26.8 Å². The van der Waals surface area contributed by atoms with Gasteiger partial charge >= 0.3 is 6.09 Å². The lowest BCUT2D eigenvalue weighted by Gasteiger charge is -2.33. The molecule has 0 unspecified atom stereocenters. The van der Waals surface area contributed by atoms with E-state index >= 15 is 0 Å². The molecule has 6 nitrogen and oxygen atoms in total. The summed E-state index contributed by atoms with van der Waals surface area (Å²) < 4.78 is 5.37. The molecule has 2 rings (SSSR count). The van der Waals surface area contributed by atoms with Crippen molar-refractivity contribution in [3.63, 3.8) is 0 Å². The Kier molecular flexibility index (Phi) is 4.41. The maximum atomic E-state index is 12.0. The Labute approximate surface area is 124 Å². The van der Waals surface area contributed by atoms with E-state index in [1.54, 1.807) is 17.3 Å². The molecule has 0 aliphatic carbocycles. The fourth-order valence-electron chi connectivity index (χ4n) is 2.33. The number of nitriles is 1. The maximum absolute atomic E-state index is 12.0. The van der Waals surface area contributed by atoms with Gasteiger partial charge in [0.2, 0.25) is 5.82 Å². The number of carbonyl (C=O) groups is 1. The summed E-state index contributed by atoms with van der Waals surface area (Å²) in [6.45, 7) is 6.93. The average molecular weight is 288 g/mol. The molecule has 21 heavy (non-hydrogen) atoms. The lowest BCUT2D eigenvalue weighted by Crippen LogP contribution is -2.41. The van der Waals surface area contributed by atoms with Crippen LogP contribution >= 0.6 is 0 Å². The molecular formula is C15H20N4O2. The fourth-order valence-corrected chi connectivity index (χ4v) is 2.33. The second kappa shape index (κ2) is 6.08. The maximum Gasteiger partial charge on any atom is 0.410 e. The highest BCUT2D eigenvalue weighted by molar-refractivity contribution is 5.68. The Morgan fingerprint density at radius 3 is 2.38 bits per heavy atom. The topological polar surface area (TPSA) is 79.1 Å². The minimum Gasteiger partial charge on any atom is -0.444 e. The Morgan fingerprint density at radius 2 is 1.90 bits per heavy atom. The molecule has 1 fully saturated rings. The predicted molar refractivity (Wildman–Crippen MR) is 76.5 cm³/mol. The van der Waals surface area contributed by atoms with Crippen molar-refractivity contribution in [2.24, 2.45) is 0 Å². The molecule has 1 aliphatic rings. The van der Waals surface area contributed by atoms with Gasteiger partial charge in [-0.25, -0.2) is 14.8 Å². The number of likely N-dealkylation sites (tertiary alicyclic amines) is 1. The zero-order valence-electron chi connectivity index (χ0n) is 12.7. The third-order valence-electron chi connectivity index (χ3n) is 3.39. The van der Waals surface area contributed by atoms with E-state index < -0.39 is 5.60 Å². The van der Waals surface area contributed by atoms with Crippen LogP contribution < -0.4 is 0 Å². The quantitative estimate of drug-likeness (QED) is 0.793. The van der Waals surface area contributed by atoms with Gasteiger partial charge in [-0.15, -0.1) is 0 Å². The Balaban J connectivity index is 1.91. The second-order valence-electron chi connectivity index (χ2n) is 6.19. The zero-order valence-corrected chi connectivity index (χ0v) is 12.7. The van der Waals surface area contributed by atoms with Gasteiger partial charge in [0.05, 0.1) is 0 Å². The molecule has 0 atom stereocenters. The molecule has 0 spiro atoms. The number of piperidine rings is 1. The van der Waals surface area contributed by atoms with Crippen LogP contribution in [-0.2, 0) is 4.74 Å². The van der Waals surface area contributed by atoms with E-state index in [9.17, 15) is 4.79 Å². The van der Waals surface area contributed by atoms with Gasteiger partial charge in [-0.05, 0) is 45.1 Å². The van der Waals surface area contributed by atoms with Crippen LogP contribution in [0.3, 0.4) is 0 Å². The summed E-state index contributed by atoms with van der Waals surface area (Å²) in [4.78, 5) is 21.7. The first kappa shape index (κ1) is 15.2. The summed E-state index contributed by atoms with van der Waals surface area (Å²) in [6, 6.07) is 1.91. The first-order valence-corrected chi connectivity index (χ1v) is 7.09. The van der Waals surface area contributed by atoms with Gasteiger partial charge in [0.1, 0.15) is 11.7 Å². The molecule has 112 valence electrons. The summed E-state index contributed by atoms with van der Waals surface area (Å²) in [5, 5.41) is 8.69. The van der Waals surface area contributed by atoms with Crippen LogP contribution in [-0.4, -0.2) is 39.7 Å². The second-order valence-corrected chi connectivity index (χ2v) is 6.19. The van der Waals surface area contributed by atoms with Crippen molar-refractivity contribution >= 4 is 6.09 Å². The Bertz CT molecular complexity index is 534. The van der Waals surface area contributed by atoms with Crippen LogP contribution in [0.1, 0.15) is 50.9 Å². The van der Waals surface area contributed by atoms with Crippen LogP contribution in [0.2, 0.25) is 0 Å². The van der Waals surface area contributed by atoms with Crippen molar-refractivity contribution in [1.82, 2.24) is 14.9 Å². The highest BCUT2D eigenvalue weighted by Crippen LogP contribution is 2.27. The highest BCUT2D eigenvalue weighted by atomic mass is 16.6. The third-order valence-corrected chi connectivity index (χ3v) is 3.39. The SMILES string of the molecule is CC(C)(C)OC(=O)N1CCC(c2cnc(C#N)nc2)CC1. The summed E-state index contributed by atoms with van der Waals surface area (Å²) in [7, 11) is 0. The van der Waals surface area contributed by atoms with Crippen LogP contribution in [0.15, 0.2) is 12.4 Å². The molecule has 2 heterocycles. The van der Waals surface area contributed by atoms with Gasteiger partial charge in [-0.3, -0.25) is 0 Å². The number of ether oxygens (including phenoxy) is 1. The number of hydrogen-bond acceptors (Lipinski definition) is 5. The Hall–Kier alpha value is -2.16. The summed E-state index contributed by atoms with van der Waals surface area (Å²) in [5.74, 6) is 0.515. The van der Waals surface area contributed by atoms with Crippen LogP contribution in [0.5, 0.6) is 0 Å². The summed E-state index contributed by atoms with van der Waals surface area (Å²) in [5.41, 5.74) is 0.562.